The maximum Gasteiger partial charge on any atom is 0.0894 e. The summed E-state index contributed by atoms with van der Waals surface area (Å²) in [7, 11) is 0. The third-order valence-corrected chi connectivity index (χ3v) is 2.25. The second-order valence-corrected chi connectivity index (χ2v) is 3.20. The molecule has 0 bridgehead atoms. The first-order valence-electron chi connectivity index (χ1n) is 4.55. The molecule has 0 aliphatic heterocycles. The van der Waals surface area contributed by atoms with E-state index >= 15 is 0 Å². The molecule has 3 aromatic rings. The highest BCUT2D eigenvalue weighted by Crippen LogP contribution is 2.14. The molecule has 74 valence electrons. The molecule has 0 aliphatic rings. The number of hydrogen-bond donors (Lipinski definition) is 0. The molecule has 2 nitrogen and oxygen atoms in total. The molecule has 0 spiro atoms. The highest BCUT2D eigenvalue weighted by molar-refractivity contribution is 7.59. The fraction of sp³-hybridized carbons (Fsp3) is 0. The van der Waals surface area contributed by atoms with Crippen molar-refractivity contribution in [3.8, 4) is 0 Å². The van der Waals surface area contributed by atoms with E-state index in [1.54, 1.807) is 0 Å². The smallest absolute Gasteiger partial charge is 0.0894 e. The van der Waals surface area contributed by atoms with Gasteiger partial charge in [0.1, 0.15) is 0 Å². The fourth-order valence-corrected chi connectivity index (χ4v) is 1.57. The van der Waals surface area contributed by atoms with Gasteiger partial charge in [0.15, 0.2) is 0 Å². The molecule has 1 heterocycles. The van der Waals surface area contributed by atoms with Crippen molar-refractivity contribution in [1.82, 2.24) is 9.97 Å². The van der Waals surface area contributed by atoms with Crippen LogP contribution in [0.1, 0.15) is 0 Å². The van der Waals surface area contributed by atoms with Crippen LogP contribution < -0.4 is 0 Å². The van der Waals surface area contributed by atoms with E-state index in [0.717, 1.165) is 22.1 Å². The van der Waals surface area contributed by atoms with Crippen LogP contribution in [0.2, 0.25) is 0 Å². The van der Waals surface area contributed by atoms with E-state index in [1.807, 2.05) is 48.5 Å². The number of hydrogen-bond acceptors (Lipinski definition) is 2. The second-order valence-electron chi connectivity index (χ2n) is 3.20. The van der Waals surface area contributed by atoms with Crippen LogP contribution in [0.15, 0.2) is 48.5 Å². The molecule has 0 atom stereocenters. The molecule has 0 unspecified atom stereocenters. The molecule has 1 aromatic heterocycles. The molecule has 0 N–H and O–H groups in total. The summed E-state index contributed by atoms with van der Waals surface area (Å²) in [5.41, 5.74) is 3.80. The third-order valence-electron chi connectivity index (χ3n) is 2.25. The predicted octanol–water partition coefficient (Wildman–Crippen LogP) is 2.90. The van der Waals surface area contributed by atoms with Crippen LogP contribution in [0, 0.1) is 0 Å². The molecule has 0 aliphatic carbocycles. The van der Waals surface area contributed by atoms with Gasteiger partial charge in [-0.05, 0) is 24.3 Å². The van der Waals surface area contributed by atoms with E-state index in [4.69, 9.17) is 0 Å². The molecule has 0 saturated carbocycles. The van der Waals surface area contributed by atoms with Crippen LogP contribution in [-0.4, -0.2) is 9.97 Å². The zero-order valence-corrected chi connectivity index (χ0v) is 9.01. The molecular weight excluding hydrogens is 204 g/mol. The Morgan fingerprint density at radius 3 is 1.07 bits per heavy atom. The van der Waals surface area contributed by atoms with E-state index in [9.17, 15) is 0 Å². The van der Waals surface area contributed by atoms with E-state index in [-0.39, 0.29) is 13.5 Å². The monoisotopic (exact) mass is 214 g/mol. The lowest BCUT2D eigenvalue weighted by molar-refractivity contribution is 1.39. The molecule has 0 fully saturated rings. The molecular formula is C12H10N2S. The van der Waals surface area contributed by atoms with Gasteiger partial charge in [0, 0.05) is 0 Å². The van der Waals surface area contributed by atoms with Crippen molar-refractivity contribution >= 4 is 35.6 Å². The number of aromatic nitrogens is 2. The number of para-hydroxylation sites is 4. The first-order chi connectivity index (χ1) is 6.93. The topological polar surface area (TPSA) is 25.8 Å². The summed E-state index contributed by atoms with van der Waals surface area (Å²) < 4.78 is 0. The van der Waals surface area contributed by atoms with Crippen molar-refractivity contribution < 1.29 is 0 Å². The summed E-state index contributed by atoms with van der Waals surface area (Å²) in [4.78, 5) is 9.03. The van der Waals surface area contributed by atoms with E-state index in [0.29, 0.717) is 0 Å². The van der Waals surface area contributed by atoms with Crippen LogP contribution in [0.3, 0.4) is 0 Å². The Labute approximate surface area is 94.4 Å². The Morgan fingerprint density at radius 1 is 0.533 bits per heavy atom. The third kappa shape index (κ3) is 1.66. The Hall–Kier alpha value is -1.61. The van der Waals surface area contributed by atoms with Crippen molar-refractivity contribution in [2.24, 2.45) is 0 Å². The minimum absolute atomic E-state index is 0. The minimum Gasteiger partial charge on any atom is -0.245 e. The predicted molar refractivity (Wildman–Crippen MR) is 67.4 cm³/mol. The van der Waals surface area contributed by atoms with Gasteiger partial charge in [0.2, 0.25) is 0 Å². The van der Waals surface area contributed by atoms with Crippen molar-refractivity contribution in [2.75, 3.05) is 0 Å². The van der Waals surface area contributed by atoms with Gasteiger partial charge in [-0.15, -0.1) is 0 Å². The summed E-state index contributed by atoms with van der Waals surface area (Å²) in [6.45, 7) is 0. The van der Waals surface area contributed by atoms with Gasteiger partial charge >= 0.3 is 0 Å². The Balaban J connectivity index is 0.000000853. The summed E-state index contributed by atoms with van der Waals surface area (Å²) in [5.74, 6) is 0. The lowest BCUT2D eigenvalue weighted by Gasteiger charge is -1.98. The quantitative estimate of drug-likeness (QED) is 0.538. The Morgan fingerprint density at radius 2 is 0.800 bits per heavy atom. The van der Waals surface area contributed by atoms with Gasteiger partial charge in [0.05, 0.1) is 22.1 Å². The van der Waals surface area contributed by atoms with E-state index in [2.05, 4.69) is 9.97 Å². The Bertz CT molecular complexity index is 502. The largest absolute Gasteiger partial charge is 0.245 e. The van der Waals surface area contributed by atoms with Crippen LogP contribution in [0.4, 0.5) is 0 Å². The Kier molecular flexibility index (Phi) is 2.56. The number of benzene rings is 2. The highest BCUT2D eigenvalue weighted by Gasteiger charge is 1.98. The van der Waals surface area contributed by atoms with Gasteiger partial charge < -0.3 is 0 Å². The molecule has 0 amide bonds. The molecule has 0 saturated heterocycles. The van der Waals surface area contributed by atoms with Crippen molar-refractivity contribution in [3.63, 3.8) is 0 Å². The van der Waals surface area contributed by atoms with E-state index < -0.39 is 0 Å². The van der Waals surface area contributed by atoms with Gasteiger partial charge in [-0.3, -0.25) is 0 Å². The maximum atomic E-state index is 4.52. The summed E-state index contributed by atoms with van der Waals surface area (Å²) in [6, 6.07) is 15.8. The lowest BCUT2D eigenvalue weighted by Crippen LogP contribution is -1.85. The second kappa shape index (κ2) is 3.87. The fourth-order valence-electron chi connectivity index (χ4n) is 1.57. The zero-order valence-electron chi connectivity index (χ0n) is 8.01. The van der Waals surface area contributed by atoms with Crippen LogP contribution >= 0.6 is 13.5 Å². The molecule has 2 aromatic carbocycles. The maximum absolute atomic E-state index is 4.52. The first-order valence-corrected chi connectivity index (χ1v) is 4.55. The summed E-state index contributed by atoms with van der Waals surface area (Å²) >= 11 is 0. The standard InChI is InChI=1S/C12H8N2.H2S/c1-2-6-10-9(5-1)13-11-7-3-4-8-12(11)14-10;/h1-8H;1H2. The lowest BCUT2D eigenvalue weighted by atomic mass is 10.2. The molecule has 3 heteroatoms. The summed E-state index contributed by atoms with van der Waals surface area (Å²) in [5, 5.41) is 0. The van der Waals surface area contributed by atoms with Gasteiger partial charge in [0.25, 0.3) is 0 Å². The van der Waals surface area contributed by atoms with Gasteiger partial charge in [-0.1, -0.05) is 24.3 Å². The average Bonchev–Trinajstić information content (AvgIpc) is 2.26. The van der Waals surface area contributed by atoms with E-state index in [1.165, 1.54) is 0 Å². The van der Waals surface area contributed by atoms with Crippen molar-refractivity contribution in [2.45, 2.75) is 0 Å². The highest BCUT2D eigenvalue weighted by atomic mass is 32.1. The number of nitrogens with zero attached hydrogens (tertiary/aromatic N) is 2. The zero-order chi connectivity index (χ0) is 9.38. The normalized spacial score (nSPS) is 10.1. The minimum atomic E-state index is 0. The molecule has 15 heavy (non-hydrogen) atoms. The van der Waals surface area contributed by atoms with Crippen molar-refractivity contribution in [1.29, 1.82) is 0 Å². The van der Waals surface area contributed by atoms with Gasteiger partial charge in [-0.2, -0.15) is 13.5 Å². The first kappa shape index (κ1) is 9.93. The average molecular weight is 214 g/mol. The summed E-state index contributed by atoms with van der Waals surface area (Å²) in [6.07, 6.45) is 0. The number of fused-ring (bicyclic) bond motifs is 2. The SMILES string of the molecule is S.c1ccc2nc3ccccc3nc2c1. The molecule has 3 rings (SSSR count). The number of rotatable bonds is 0. The van der Waals surface area contributed by atoms with Crippen molar-refractivity contribution in [3.05, 3.63) is 48.5 Å². The van der Waals surface area contributed by atoms with Crippen LogP contribution in [-0.2, 0) is 0 Å². The van der Waals surface area contributed by atoms with Crippen LogP contribution in [0.5, 0.6) is 0 Å². The van der Waals surface area contributed by atoms with Crippen LogP contribution in [0.25, 0.3) is 22.1 Å². The van der Waals surface area contributed by atoms with Gasteiger partial charge in [-0.25, -0.2) is 9.97 Å². The molecule has 0 radical (unpaired) electrons.